The Kier molecular flexibility index (Phi) is 18.4. The van der Waals surface area contributed by atoms with Gasteiger partial charge < -0.3 is 0 Å². The molecule has 0 N–H and O–H groups in total. The molecule has 2 aromatic rings. The predicted octanol–water partition coefficient (Wildman–Crippen LogP) is 9.99. The molecule has 3 heteroatoms. The summed E-state index contributed by atoms with van der Waals surface area (Å²) in [6.45, 7) is 18.8. The van der Waals surface area contributed by atoms with Crippen molar-refractivity contribution in [1.29, 1.82) is 0 Å². The van der Waals surface area contributed by atoms with Crippen LogP contribution in [0.4, 0.5) is 0 Å². The third-order valence-electron chi connectivity index (χ3n) is 5.51. The summed E-state index contributed by atoms with van der Waals surface area (Å²) in [6.07, 6.45) is 11.7. The van der Waals surface area contributed by atoms with Crippen molar-refractivity contribution in [2.45, 2.75) is 78.0 Å². The monoisotopic (exact) mass is 574 g/mol. The Morgan fingerprint density at radius 2 is 0.788 bits per heavy atom. The van der Waals surface area contributed by atoms with E-state index in [4.69, 9.17) is 0 Å². The molecule has 0 saturated carbocycles. The molecule has 0 fully saturated rings. The van der Waals surface area contributed by atoms with Crippen molar-refractivity contribution in [3.63, 3.8) is 0 Å². The molecule has 186 valence electrons. The Morgan fingerprint density at radius 3 is 1.03 bits per heavy atom. The minimum atomic E-state index is 0. The fourth-order valence-corrected chi connectivity index (χ4v) is 8.55. The van der Waals surface area contributed by atoms with Gasteiger partial charge >= 0.3 is 0 Å². The van der Waals surface area contributed by atoms with Crippen molar-refractivity contribution < 1.29 is 20.4 Å². The van der Waals surface area contributed by atoms with Crippen LogP contribution in [-0.2, 0) is 20.4 Å². The van der Waals surface area contributed by atoms with Gasteiger partial charge in [-0.25, -0.2) is 0 Å². The number of hydrogen-bond donors (Lipinski definition) is 0. The molecule has 0 unspecified atom stereocenters. The summed E-state index contributed by atoms with van der Waals surface area (Å²) in [6, 6.07) is 21.1. The van der Waals surface area contributed by atoms with Crippen LogP contribution in [0.1, 0.15) is 66.5 Å². The van der Waals surface area contributed by atoms with Gasteiger partial charge in [0.05, 0.1) is 0 Å². The van der Waals surface area contributed by atoms with E-state index >= 15 is 0 Å². The molecule has 2 aromatic carbocycles. The van der Waals surface area contributed by atoms with Crippen LogP contribution in [0.5, 0.6) is 0 Å². The van der Waals surface area contributed by atoms with E-state index in [2.05, 4.69) is 140 Å². The van der Waals surface area contributed by atoms with Crippen LogP contribution < -0.4 is 0 Å². The van der Waals surface area contributed by atoms with Crippen LogP contribution in [-0.4, -0.2) is 35.0 Å². The standard InChI is InChI=1S/2C15H23P.Pd/c2*1-13(2)16(14(3)4)12-8-11-15-9-6-5-7-10-15;/h2*5-11,13-14H,12H2,1-4H3;. The molecule has 0 aromatic heterocycles. The molecule has 0 aliphatic carbocycles. The van der Waals surface area contributed by atoms with Gasteiger partial charge in [0.2, 0.25) is 0 Å². The van der Waals surface area contributed by atoms with Crippen LogP contribution in [0.15, 0.2) is 72.8 Å². The Bertz CT molecular complexity index is 681. The molecule has 0 radical (unpaired) electrons. The van der Waals surface area contributed by atoms with Crippen molar-refractivity contribution in [2.75, 3.05) is 12.3 Å². The van der Waals surface area contributed by atoms with Gasteiger partial charge in [-0.2, -0.15) is 0 Å². The van der Waals surface area contributed by atoms with Gasteiger partial charge in [-0.1, -0.05) is 156 Å². The van der Waals surface area contributed by atoms with Crippen molar-refractivity contribution in [1.82, 2.24) is 0 Å². The van der Waals surface area contributed by atoms with Gasteiger partial charge in [-0.3, -0.25) is 0 Å². The van der Waals surface area contributed by atoms with Crippen LogP contribution in [0.25, 0.3) is 12.2 Å². The summed E-state index contributed by atoms with van der Waals surface area (Å²) in [7, 11) is 0.277. The van der Waals surface area contributed by atoms with E-state index in [9.17, 15) is 0 Å². The predicted molar refractivity (Wildman–Crippen MR) is 155 cm³/mol. The minimum absolute atomic E-state index is 0. The second-order valence-corrected chi connectivity index (χ2v) is 16.3. The van der Waals surface area contributed by atoms with E-state index < -0.39 is 0 Å². The molecule has 0 atom stereocenters. The first kappa shape index (κ1) is 32.4. The SMILES string of the molecule is CC(C)P(CC=Cc1ccccc1)C(C)C.CC(C)P(CC=Cc1ccccc1)C(C)C.[Pd]. The molecule has 0 bridgehead atoms. The normalized spacial score (nSPS) is 11.8. The summed E-state index contributed by atoms with van der Waals surface area (Å²) in [5.41, 5.74) is 5.94. The molecule has 0 amide bonds. The fraction of sp³-hybridized carbons (Fsp3) is 0.467. The molecule has 33 heavy (non-hydrogen) atoms. The molecular weight excluding hydrogens is 529 g/mol. The summed E-state index contributed by atoms with van der Waals surface area (Å²) in [5, 5.41) is 0. The van der Waals surface area contributed by atoms with Crippen LogP contribution in [0, 0.1) is 0 Å². The zero-order chi connectivity index (χ0) is 23.9. The first-order valence-electron chi connectivity index (χ1n) is 12.2. The largest absolute Gasteiger partial charge is 0.0976 e. The van der Waals surface area contributed by atoms with E-state index in [0.717, 1.165) is 22.6 Å². The average Bonchev–Trinajstić information content (AvgIpc) is 2.75. The van der Waals surface area contributed by atoms with Gasteiger partial charge in [0, 0.05) is 20.4 Å². The molecule has 0 nitrogen and oxygen atoms in total. The molecule has 0 aliphatic heterocycles. The van der Waals surface area contributed by atoms with E-state index in [1.54, 1.807) is 0 Å². The van der Waals surface area contributed by atoms with Crippen LogP contribution in [0.3, 0.4) is 0 Å². The zero-order valence-electron chi connectivity index (χ0n) is 22.0. The summed E-state index contributed by atoms with van der Waals surface area (Å²) in [4.78, 5) is 0. The number of rotatable bonds is 10. The molecule has 0 saturated heterocycles. The fourth-order valence-electron chi connectivity index (χ4n) is 3.79. The average molecular weight is 575 g/mol. The van der Waals surface area contributed by atoms with E-state index in [1.807, 2.05) is 0 Å². The maximum Gasteiger partial charge on any atom is 0 e. The van der Waals surface area contributed by atoms with Crippen molar-refractivity contribution in [2.24, 2.45) is 0 Å². The van der Waals surface area contributed by atoms with Gasteiger partial charge in [0.1, 0.15) is 0 Å². The first-order valence-corrected chi connectivity index (χ1v) is 15.5. The Hall–Kier alpha value is -0.558. The van der Waals surface area contributed by atoms with E-state index in [0.29, 0.717) is 0 Å². The minimum Gasteiger partial charge on any atom is -0.0976 e. The second kappa shape index (κ2) is 18.7. The number of hydrogen-bond acceptors (Lipinski definition) is 0. The molecule has 0 aliphatic rings. The molecular formula is C30H46P2Pd. The topological polar surface area (TPSA) is 0 Å². The van der Waals surface area contributed by atoms with Gasteiger partial charge in [0.15, 0.2) is 0 Å². The van der Waals surface area contributed by atoms with E-state index in [1.165, 1.54) is 23.5 Å². The third kappa shape index (κ3) is 14.4. The second-order valence-electron chi connectivity index (χ2n) is 9.39. The maximum atomic E-state index is 2.35. The van der Waals surface area contributed by atoms with Gasteiger partial charge in [-0.15, -0.1) is 0 Å². The van der Waals surface area contributed by atoms with Gasteiger partial charge in [0.25, 0.3) is 0 Å². The zero-order valence-corrected chi connectivity index (χ0v) is 25.4. The first-order chi connectivity index (χ1) is 15.2. The third-order valence-corrected chi connectivity index (χ3v) is 12.1. The Morgan fingerprint density at radius 1 is 0.515 bits per heavy atom. The maximum absolute atomic E-state index is 2.35. The number of allylic oxidation sites excluding steroid dienone is 2. The number of benzene rings is 2. The summed E-state index contributed by atoms with van der Waals surface area (Å²) >= 11 is 0. The smallest absolute Gasteiger partial charge is 0 e. The van der Waals surface area contributed by atoms with Crippen molar-refractivity contribution in [3.05, 3.63) is 83.9 Å². The van der Waals surface area contributed by atoms with Crippen LogP contribution >= 0.6 is 15.8 Å². The quantitative estimate of drug-likeness (QED) is 0.196. The Labute approximate surface area is 221 Å². The van der Waals surface area contributed by atoms with E-state index in [-0.39, 0.29) is 36.3 Å². The Balaban J connectivity index is 0.000000602. The molecule has 0 heterocycles. The molecule has 2 rings (SSSR count). The van der Waals surface area contributed by atoms with Gasteiger partial charge in [-0.05, 0) is 46.1 Å². The van der Waals surface area contributed by atoms with Crippen molar-refractivity contribution >= 4 is 28.0 Å². The van der Waals surface area contributed by atoms with Crippen LogP contribution in [0.2, 0.25) is 0 Å². The molecule has 0 spiro atoms. The van der Waals surface area contributed by atoms with Crippen molar-refractivity contribution in [3.8, 4) is 0 Å². The summed E-state index contributed by atoms with van der Waals surface area (Å²) in [5.74, 6) is 0. The summed E-state index contributed by atoms with van der Waals surface area (Å²) < 4.78 is 0.